The minimum Gasteiger partial charge on any atom is -0.310 e. The zero-order valence-electron chi connectivity index (χ0n) is 30.6. The molecule has 55 heavy (non-hydrogen) atoms. The van der Waals surface area contributed by atoms with Crippen molar-refractivity contribution in [2.45, 2.75) is 43.4 Å². The van der Waals surface area contributed by atoms with Crippen LogP contribution in [0, 0.1) is 0 Å². The van der Waals surface area contributed by atoms with E-state index in [4.69, 9.17) is 0 Å². The first kappa shape index (κ1) is 31.4. The second-order valence-electron chi connectivity index (χ2n) is 15.8. The molecular weight excluding hydrogens is 683 g/mol. The van der Waals surface area contributed by atoms with Crippen molar-refractivity contribution in [1.29, 1.82) is 0 Å². The number of benzene rings is 8. The number of anilines is 3. The van der Waals surface area contributed by atoms with Crippen molar-refractivity contribution in [3.05, 3.63) is 198 Å². The summed E-state index contributed by atoms with van der Waals surface area (Å²) in [4.78, 5) is 2.47. The van der Waals surface area contributed by atoms with E-state index >= 15 is 0 Å². The number of hydrogen-bond donors (Lipinski definition) is 0. The van der Waals surface area contributed by atoms with E-state index in [0.717, 1.165) is 5.69 Å². The summed E-state index contributed by atoms with van der Waals surface area (Å²) in [5.74, 6) is 0.637. The summed E-state index contributed by atoms with van der Waals surface area (Å²) >= 11 is 1.87. The van der Waals surface area contributed by atoms with Gasteiger partial charge in [0.05, 0.1) is 5.41 Å². The first-order valence-corrected chi connectivity index (χ1v) is 20.8. The van der Waals surface area contributed by atoms with Gasteiger partial charge in [0.15, 0.2) is 0 Å². The van der Waals surface area contributed by atoms with Crippen LogP contribution in [-0.2, 0) is 5.41 Å². The number of rotatable bonds is 4. The first-order valence-electron chi connectivity index (χ1n) is 20.0. The topological polar surface area (TPSA) is 3.24 Å². The fourth-order valence-corrected chi connectivity index (χ4v) is 11.8. The third-order valence-electron chi connectivity index (χ3n) is 13.0. The molecule has 0 bridgehead atoms. The SMILES string of the molecule is c1ccc(N(c2ccc3c(c2)C2(c4ccccc4-3)c3ccc(C4CCCCC4)cc3-c3cccc4cccc2c34)c2ccc3sc4ccccc4c3c2)cc1. The maximum Gasteiger partial charge on any atom is 0.0726 e. The molecule has 1 spiro atoms. The summed E-state index contributed by atoms with van der Waals surface area (Å²) in [6, 6.07) is 64.8. The average Bonchev–Trinajstić information content (AvgIpc) is 3.77. The number of thiophene rings is 1. The van der Waals surface area contributed by atoms with E-state index in [1.807, 2.05) is 11.3 Å². The lowest BCUT2D eigenvalue weighted by Crippen LogP contribution is -2.32. The van der Waals surface area contributed by atoms with Crippen molar-refractivity contribution in [3.8, 4) is 22.3 Å². The Morgan fingerprint density at radius 3 is 2.04 bits per heavy atom. The molecule has 1 aromatic heterocycles. The molecule has 1 fully saturated rings. The molecule has 1 saturated carbocycles. The van der Waals surface area contributed by atoms with Crippen LogP contribution in [0.3, 0.4) is 0 Å². The Hall–Kier alpha value is -5.96. The molecule has 1 heterocycles. The predicted molar refractivity (Wildman–Crippen MR) is 234 cm³/mol. The Balaban J connectivity index is 1.15. The molecule has 0 aliphatic heterocycles. The molecule has 9 aromatic rings. The summed E-state index contributed by atoms with van der Waals surface area (Å²) in [6.07, 6.45) is 6.62. The molecule has 0 radical (unpaired) electrons. The molecule has 1 unspecified atom stereocenters. The molecule has 1 nitrogen and oxygen atoms in total. The third-order valence-corrected chi connectivity index (χ3v) is 14.2. The van der Waals surface area contributed by atoms with Crippen molar-refractivity contribution in [2.24, 2.45) is 0 Å². The maximum atomic E-state index is 2.60. The van der Waals surface area contributed by atoms with E-state index < -0.39 is 5.41 Å². The number of para-hydroxylation sites is 1. The van der Waals surface area contributed by atoms with Crippen LogP contribution >= 0.6 is 11.3 Å². The molecule has 12 rings (SSSR count). The summed E-state index contributed by atoms with van der Waals surface area (Å²) in [5.41, 5.74) is 15.5. The number of hydrogen-bond acceptors (Lipinski definition) is 2. The summed E-state index contributed by atoms with van der Waals surface area (Å²) in [6.45, 7) is 0. The highest BCUT2D eigenvalue weighted by Gasteiger charge is 2.50. The Morgan fingerprint density at radius 1 is 0.436 bits per heavy atom. The Bertz CT molecular complexity index is 2980. The van der Waals surface area contributed by atoms with Gasteiger partial charge in [-0.15, -0.1) is 11.3 Å². The minimum atomic E-state index is -0.466. The van der Waals surface area contributed by atoms with Crippen LogP contribution in [0.2, 0.25) is 0 Å². The van der Waals surface area contributed by atoms with E-state index in [1.165, 1.54) is 124 Å². The largest absolute Gasteiger partial charge is 0.310 e. The van der Waals surface area contributed by atoms with E-state index in [-0.39, 0.29) is 0 Å². The van der Waals surface area contributed by atoms with Gasteiger partial charge in [0, 0.05) is 37.2 Å². The Morgan fingerprint density at radius 2 is 1.13 bits per heavy atom. The molecule has 0 amide bonds. The highest BCUT2D eigenvalue weighted by Crippen LogP contribution is 2.63. The lowest BCUT2D eigenvalue weighted by Gasteiger charge is -2.41. The smallest absolute Gasteiger partial charge is 0.0726 e. The van der Waals surface area contributed by atoms with E-state index in [1.54, 1.807) is 0 Å². The van der Waals surface area contributed by atoms with Gasteiger partial charge in [0.1, 0.15) is 0 Å². The maximum absolute atomic E-state index is 2.60. The second kappa shape index (κ2) is 12.0. The van der Waals surface area contributed by atoms with Gasteiger partial charge in [-0.3, -0.25) is 0 Å². The molecule has 8 aromatic carbocycles. The van der Waals surface area contributed by atoms with Crippen LogP contribution < -0.4 is 4.90 Å². The van der Waals surface area contributed by atoms with Gasteiger partial charge < -0.3 is 4.90 Å². The zero-order valence-corrected chi connectivity index (χ0v) is 31.5. The van der Waals surface area contributed by atoms with Crippen molar-refractivity contribution in [2.75, 3.05) is 4.90 Å². The fourth-order valence-electron chi connectivity index (χ4n) is 10.7. The Labute approximate surface area is 326 Å². The Kier molecular flexibility index (Phi) is 6.86. The molecule has 3 aliphatic rings. The number of fused-ring (bicyclic) bond motifs is 12. The van der Waals surface area contributed by atoms with Gasteiger partial charge >= 0.3 is 0 Å². The molecule has 0 saturated heterocycles. The van der Waals surface area contributed by atoms with Gasteiger partial charge in [-0.25, -0.2) is 0 Å². The molecule has 3 aliphatic carbocycles. The third kappa shape index (κ3) is 4.46. The molecular formula is C53H39NS. The van der Waals surface area contributed by atoms with Crippen molar-refractivity contribution in [3.63, 3.8) is 0 Å². The molecule has 262 valence electrons. The molecule has 2 heteroatoms. The van der Waals surface area contributed by atoms with Crippen molar-refractivity contribution in [1.82, 2.24) is 0 Å². The van der Waals surface area contributed by atoms with Crippen molar-refractivity contribution >= 4 is 59.3 Å². The predicted octanol–water partition coefficient (Wildman–Crippen LogP) is 15.1. The van der Waals surface area contributed by atoms with Crippen LogP contribution in [0.25, 0.3) is 53.2 Å². The lowest BCUT2D eigenvalue weighted by atomic mass is 9.61. The standard InChI is InChI=1S/C53H39NS/c1-3-13-34(14-4-1)36-25-29-47-44(31-36)43-21-11-15-35-16-12-23-48(52(35)43)53(47)46-22-9-7-19-40(46)41-28-26-39(33-49(41)53)54(37-17-5-2-6-18-37)38-27-30-51-45(32-38)42-20-8-10-24-50(42)55-51/h2,5-12,15-34H,1,3-4,13-14H2. The quantitative estimate of drug-likeness (QED) is 0.175. The first-order chi connectivity index (χ1) is 27.3. The van der Waals surface area contributed by atoms with E-state index in [9.17, 15) is 0 Å². The zero-order chi connectivity index (χ0) is 36.1. The lowest BCUT2D eigenvalue weighted by molar-refractivity contribution is 0.443. The van der Waals surface area contributed by atoms with Gasteiger partial charge in [-0.2, -0.15) is 0 Å². The molecule has 0 N–H and O–H groups in total. The highest BCUT2D eigenvalue weighted by molar-refractivity contribution is 7.25. The van der Waals surface area contributed by atoms with E-state index in [2.05, 4.69) is 175 Å². The average molecular weight is 722 g/mol. The van der Waals surface area contributed by atoms with Crippen LogP contribution in [0.1, 0.15) is 65.8 Å². The van der Waals surface area contributed by atoms with Gasteiger partial charge in [0.25, 0.3) is 0 Å². The van der Waals surface area contributed by atoms with Gasteiger partial charge in [-0.1, -0.05) is 141 Å². The van der Waals surface area contributed by atoms with Crippen molar-refractivity contribution < 1.29 is 0 Å². The summed E-state index contributed by atoms with van der Waals surface area (Å²) in [7, 11) is 0. The minimum absolute atomic E-state index is 0.466. The second-order valence-corrected chi connectivity index (χ2v) is 16.9. The summed E-state index contributed by atoms with van der Waals surface area (Å²) in [5, 5.41) is 5.33. The van der Waals surface area contributed by atoms with Crippen LogP contribution in [0.5, 0.6) is 0 Å². The van der Waals surface area contributed by atoms with Gasteiger partial charge in [-0.05, 0) is 128 Å². The number of nitrogens with zero attached hydrogens (tertiary/aromatic N) is 1. The highest BCUT2D eigenvalue weighted by atomic mass is 32.1. The van der Waals surface area contributed by atoms with E-state index in [0.29, 0.717) is 5.92 Å². The summed E-state index contributed by atoms with van der Waals surface area (Å²) < 4.78 is 2.65. The van der Waals surface area contributed by atoms with Crippen LogP contribution in [0.4, 0.5) is 17.1 Å². The van der Waals surface area contributed by atoms with Gasteiger partial charge in [0.2, 0.25) is 0 Å². The van der Waals surface area contributed by atoms with Crippen LogP contribution in [0.15, 0.2) is 170 Å². The fraction of sp³-hybridized carbons (Fsp3) is 0.132. The normalized spacial score (nSPS) is 17.1. The monoisotopic (exact) mass is 721 g/mol. The molecule has 1 atom stereocenters. The van der Waals surface area contributed by atoms with Crippen LogP contribution in [-0.4, -0.2) is 0 Å².